The molecule has 2 heterocycles. The Hall–Kier alpha value is -4.00. The number of aromatic nitrogens is 4. The summed E-state index contributed by atoms with van der Waals surface area (Å²) >= 11 is 5.94. The van der Waals surface area contributed by atoms with E-state index in [0.29, 0.717) is 16.5 Å². The second kappa shape index (κ2) is 10.5. The summed E-state index contributed by atoms with van der Waals surface area (Å²) in [5, 5.41) is 24.0. The van der Waals surface area contributed by atoms with E-state index >= 15 is 0 Å². The van der Waals surface area contributed by atoms with Gasteiger partial charge in [0.2, 0.25) is 0 Å². The van der Waals surface area contributed by atoms with E-state index in [1.807, 2.05) is 6.92 Å². The Kier molecular flexibility index (Phi) is 7.56. The van der Waals surface area contributed by atoms with E-state index in [4.69, 9.17) is 20.9 Å². The third-order valence-corrected chi connectivity index (χ3v) is 4.77. The lowest BCUT2D eigenvalue weighted by Crippen LogP contribution is -2.36. The molecule has 2 aromatic heterocycles. The van der Waals surface area contributed by atoms with E-state index in [1.165, 1.54) is 10.7 Å². The fourth-order valence-electron chi connectivity index (χ4n) is 2.65. The molecule has 0 saturated heterocycles. The predicted octanol–water partition coefficient (Wildman–Crippen LogP) is 1.42. The van der Waals surface area contributed by atoms with Gasteiger partial charge in [-0.1, -0.05) is 16.8 Å². The van der Waals surface area contributed by atoms with E-state index in [0.717, 1.165) is 5.56 Å². The first-order chi connectivity index (χ1) is 15.7. The number of hydrogen-bond donors (Lipinski definition) is 2. The van der Waals surface area contributed by atoms with Crippen LogP contribution in [0.15, 0.2) is 28.8 Å². The van der Waals surface area contributed by atoms with Gasteiger partial charge >= 0.3 is 17.6 Å². The molecule has 1 aromatic carbocycles. The third kappa shape index (κ3) is 6.49. The molecule has 33 heavy (non-hydrogen) atoms. The van der Waals surface area contributed by atoms with E-state index < -0.39 is 10.8 Å². The number of rotatable bonds is 10. The first-order valence-corrected chi connectivity index (χ1v) is 10.1. The van der Waals surface area contributed by atoms with Crippen molar-refractivity contribution in [3.05, 3.63) is 62.4 Å². The van der Waals surface area contributed by atoms with Crippen LogP contribution in [0.4, 0.5) is 5.82 Å². The molecule has 0 aliphatic rings. The Morgan fingerprint density at radius 1 is 1.24 bits per heavy atom. The summed E-state index contributed by atoms with van der Waals surface area (Å²) in [5.74, 6) is -0.918. The van der Waals surface area contributed by atoms with Crippen LogP contribution in [-0.4, -0.2) is 56.4 Å². The van der Waals surface area contributed by atoms with Gasteiger partial charge in [0.25, 0.3) is 5.91 Å². The molecule has 0 aliphatic heterocycles. The molecular formula is C19H20ClN7O6. The summed E-state index contributed by atoms with van der Waals surface area (Å²) in [4.78, 5) is 38.1. The number of hydrogen-bond acceptors (Lipinski definition) is 9. The average molecular weight is 478 g/mol. The first kappa shape index (κ1) is 23.7. The molecule has 2 amide bonds. The van der Waals surface area contributed by atoms with Gasteiger partial charge in [-0.3, -0.25) is 9.59 Å². The highest BCUT2D eigenvalue weighted by molar-refractivity contribution is 6.31. The molecular weight excluding hydrogens is 458 g/mol. The van der Waals surface area contributed by atoms with E-state index in [9.17, 15) is 19.7 Å². The lowest BCUT2D eigenvalue weighted by molar-refractivity contribution is -0.389. The molecule has 3 aromatic rings. The molecule has 14 heteroatoms. The van der Waals surface area contributed by atoms with Crippen molar-refractivity contribution in [1.29, 1.82) is 0 Å². The largest absolute Gasteiger partial charge is 0.484 e. The Labute approximate surface area is 192 Å². The Morgan fingerprint density at radius 3 is 2.70 bits per heavy atom. The number of halogens is 1. The first-order valence-electron chi connectivity index (χ1n) is 9.68. The SMILES string of the molecule is Cc1cc(OCC(=O)NCCNC(=O)c2nc(Cn3nc([N+](=O)[O-])cc3C)no2)ccc1Cl. The van der Waals surface area contributed by atoms with E-state index in [2.05, 4.69) is 25.9 Å². The lowest BCUT2D eigenvalue weighted by Gasteiger charge is -2.08. The normalized spacial score (nSPS) is 10.6. The van der Waals surface area contributed by atoms with Gasteiger partial charge in [-0.25, -0.2) is 0 Å². The van der Waals surface area contributed by atoms with Crippen LogP contribution in [0.2, 0.25) is 5.02 Å². The Bertz CT molecular complexity index is 1180. The van der Waals surface area contributed by atoms with Gasteiger partial charge in [-0.2, -0.15) is 9.67 Å². The zero-order chi connectivity index (χ0) is 24.0. The van der Waals surface area contributed by atoms with Crippen molar-refractivity contribution < 1.29 is 23.8 Å². The zero-order valence-electron chi connectivity index (χ0n) is 17.7. The van der Waals surface area contributed by atoms with Gasteiger partial charge in [0.15, 0.2) is 12.4 Å². The number of ether oxygens (including phenoxy) is 1. The highest BCUT2D eigenvalue weighted by Crippen LogP contribution is 2.20. The van der Waals surface area contributed by atoms with Crippen LogP contribution in [0.3, 0.4) is 0 Å². The standard InChI is InChI=1S/C19H20ClN7O6/c1-11-7-13(3-4-14(11)20)32-10-17(28)21-5-6-22-18(29)19-23-15(25-33-19)9-26-12(2)8-16(24-26)27(30)31/h3-4,7-8H,5-6,9-10H2,1-2H3,(H,21,28)(H,22,29). The lowest BCUT2D eigenvalue weighted by atomic mass is 10.2. The quantitative estimate of drug-likeness (QED) is 0.249. The van der Waals surface area contributed by atoms with Crippen LogP contribution in [0.5, 0.6) is 5.75 Å². The van der Waals surface area contributed by atoms with Crippen LogP contribution >= 0.6 is 11.6 Å². The molecule has 0 radical (unpaired) electrons. The topological polar surface area (TPSA) is 167 Å². The van der Waals surface area contributed by atoms with Gasteiger partial charge in [-0.15, -0.1) is 0 Å². The van der Waals surface area contributed by atoms with Crippen LogP contribution in [0.1, 0.15) is 27.8 Å². The maximum Gasteiger partial charge on any atom is 0.390 e. The summed E-state index contributed by atoms with van der Waals surface area (Å²) in [5.41, 5.74) is 1.37. The minimum Gasteiger partial charge on any atom is -0.484 e. The van der Waals surface area contributed by atoms with Crippen molar-refractivity contribution in [2.24, 2.45) is 0 Å². The van der Waals surface area contributed by atoms with Crippen LogP contribution in [0, 0.1) is 24.0 Å². The summed E-state index contributed by atoms with van der Waals surface area (Å²) in [6, 6.07) is 6.38. The fraction of sp³-hybridized carbons (Fsp3) is 0.316. The zero-order valence-corrected chi connectivity index (χ0v) is 18.5. The van der Waals surface area contributed by atoms with Crippen molar-refractivity contribution in [2.45, 2.75) is 20.4 Å². The number of aryl methyl sites for hydroxylation is 2. The summed E-state index contributed by atoms with van der Waals surface area (Å²) in [6.45, 7) is 3.56. The van der Waals surface area contributed by atoms with E-state index in [-0.39, 0.29) is 49.7 Å². The number of nitro groups is 1. The molecule has 0 atom stereocenters. The number of amides is 2. The molecule has 0 bridgehead atoms. The summed E-state index contributed by atoms with van der Waals surface area (Å²) in [6.07, 6.45) is 0. The highest BCUT2D eigenvalue weighted by Gasteiger charge is 2.19. The maximum absolute atomic E-state index is 12.1. The number of carbonyl (C=O) groups is 2. The molecule has 13 nitrogen and oxygen atoms in total. The fourth-order valence-corrected chi connectivity index (χ4v) is 2.76. The summed E-state index contributed by atoms with van der Waals surface area (Å²) in [7, 11) is 0. The van der Waals surface area contributed by atoms with Crippen molar-refractivity contribution in [3.63, 3.8) is 0 Å². The summed E-state index contributed by atoms with van der Waals surface area (Å²) < 4.78 is 11.6. The Morgan fingerprint density at radius 2 is 2.00 bits per heavy atom. The van der Waals surface area contributed by atoms with Crippen LogP contribution in [0.25, 0.3) is 0 Å². The van der Waals surface area contributed by atoms with E-state index in [1.54, 1.807) is 25.1 Å². The third-order valence-electron chi connectivity index (χ3n) is 4.34. The minimum absolute atomic E-state index is 0.000342. The van der Waals surface area contributed by atoms with Crippen LogP contribution < -0.4 is 15.4 Å². The van der Waals surface area contributed by atoms with Gasteiger partial charge < -0.3 is 30.0 Å². The second-order valence-electron chi connectivity index (χ2n) is 6.88. The average Bonchev–Trinajstić information content (AvgIpc) is 3.39. The van der Waals surface area contributed by atoms with Gasteiger partial charge in [0, 0.05) is 18.1 Å². The van der Waals surface area contributed by atoms with Gasteiger partial charge in [0.05, 0.1) is 16.9 Å². The highest BCUT2D eigenvalue weighted by atomic mass is 35.5. The molecule has 0 fully saturated rings. The second-order valence-corrected chi connectivity index (χ2v) is 7.29. The van der Waals surface area contributed by atoms with Crippen molar-refractivity contribution in [2.75, 3.05) is 19.7 Å². The predicted molar refractivity (Wildman–Crippen MR) is 114 cm³/mol. The van der Waals surface area contributed by atoms with Gasteiger partial charge in [-0.05, 0) is 42.5 Å². The van der Waals surface area contributed by atoms with Gasteiger partial charge in [0.1, 0.15) is 12.3 Å². The number of benzene rings is 1. The number of nitrogens with zero attached hydrogens (tertiary/aromatic N) is 5. The monoisotopic (exact) mass is 477 g/mol. The van der Waals surface area contributed by atoms with Crippen LogP contribution in [-0.2, 0) is 11.3 Å². The van der Waals surface area contributed by atoms with Crippen molar-refractivity contribution in [1.82, 2.24) is 30.6 Å². The minimum atomic E-state index is -0.626. The molecule has 0 unspecified atom stereocenters. The molecule has 0 spiro atoms. The molecule has 174 valence electrons. The number of carbonyl (C=O) groups excluding carboxylic acids is 2. The molecule has 2 N–H and O–H groups in total. The number of nitrogens with one attached hydrogen (secondary N) is 2. The molecule has 0 saturated carbocycles. The van der Waals surface area contributed by atoms with Crippen molar-refractivity contribution in [3.8, 4) is 5.75 Å². The Balaban J connectivity index is 1.39. The smallest absolute Gasteiger partial charge is 0.390 e. The molecule has 3 rings (SSSR count). The van der Waals surface area contributed by atoms with Crippen molar-refractivity contribution >= 4 is 29.2 Å². The molecule has 0 aliphatic carbocycles. The maximum atomic E-state index is 12.1.